The standard InChI is InChI=1S/C27H25F3N8O4/c1-4-19-20(21-9-8-18(15-33-21)38-24(42-27(28,29)30)34-35(3)25(38)40)10-11-32-22(19)37-13-12-36(26(37)41)17-7-5-6-16(14-17)23(39)31-2/h5-11,14-15H,4,12-13H2,1-3H3,(H,31,39). The number of amides is 3. The second kappa shape index (κ2) is 11.0. The van der Waals surface area contributed by atoms with Crippen LogP contribution in [0.3, 0.4) is 0 Å². The van der Waals surface area contributed by atoms with Gasteiger partial charge in [-0.1, -0.05) is 13.0 Å². The number of hydrogen-bond donors (Lipinski definition) is 1. The van der Waals surface area contributed by atoms with Gasteiger partial charge in [0, 0.05) is 55.8 Å². The van der Waals surface area contributed by atoms with Crippen molar-refractivity contribution in [3.63, 3.8) is 0 Å². The molecule has 15 heteroatoms. The summed E-state index contributed by atoms with van der Waals surface area (Å²) in [6.07, 6.45) is -1.77. The third-order valence-electron chi connectivity index (χ3n) is 6.68. The zero-order chi connectivity index (χ0) is 30.2. The summed E-state index contributed by atoms with van der Waals surface area (Å²) in [6.45, 7) is 2.63. The lowest BCUT2D eigenvalue weighted by Gasteiger charge is -2.21. The Bertz CT molecular complexity index is 1720. The smallest absolute Gasteiger partial charge is 0.370 e. The Labute approximate surface area is 237 Å². The number of anilines is 2. The summed E-state index contributed by atoms with van der Waals surface area (Å²) < 4.78 is 43.9. The molecule has 3 aromatic heterocycles. The van der Waals surface area contributed by atoms with Crippen molar-refractivity contribution in [3.8, 4) is 23.0 Å². The van der Waals surface area contributed by atoms with E-state index < -0.39 is 18.1 Å². The second-order valence-electron chi connectivity index (χ2n) is 9.20. The maximum atomic E-state index is 13.5. The fourth-order valence-corrected chi connectivity index (χ4v) is 4.75. The van der Waals surface area contributed by atoms with Gasteiger partial charge < -0.3 is 10.1 Å². The predicted octanol–water partition coefficient (Wildman–Crippen LogP) is 3.30. The van der Waals surface area contributed by atoms with Crippen LogP contribution in [0.5, 0.6) is 6.01 Å². The maximum Gasteiger partial charge on any atom is 0.575 e. The SMILES string of the molecule is CCc1c(-c2ccc(-n3c(OC(F)(F)F)nn(C)c3=O)cn2)ccnc1N1CCN(c2cccc(C(=O)NC)c2)C1=O. The average Bonchev–Trinajstić information content (AvgIpc) is 3.49. The van der Waals surface area contributed by atoms with E-state index in [1.807, 2.05) is 6.92 Å². The quantitative estimate of drug-likeness (QED) is 0.354. The molecule has 0 saturated carbocycles. The Morgan fingerprint density at radius 2 is 1.81 bits per heavy atom. The molecule has 12 nitrogen and oxygen atoms in total. The van der Waals surface area contributed by atoms with Crippen molar-refractivity contribution in [3.05, 3.63) is 76.5 Å². The lowest BCUT2D eigenvalue weighted by atomic mass is 10.0. The number of halogens is 3. The molecule has 218 valence electrons. The molecule has 1 aromatic carbocycles. The summed E-state index contributed by atoms with van der Waals surface area (Å²) >= 11 is 0. The minimum atomic E-state index is -5.05. The molecule has 0 aliphatic carbocycles. The number of aryl methyl sites for hydroxylation is 1. The van der Waals surface area contributed by atoms with Crippen LogP contribution in [-0.2, 0) is 13.5 Å². The Morgan fingerprint density at radius 3 is 2.48 bits per heavy atom. The first kappa shape index (κ1) is 28.3. The molecule has 1 aliphatic heterocycles. The lowest BCUT2D eigenvalue weighted by molar-refractivity contribution is -0.278. The zero-order valence-electron chi connectivity index (χ0n) is 22.7. The monoisotopic (exact) mass is 582 g/mol. The highest BCUT2D eigenvalue weighted by Crippen LogP contribution is 2.33. The number of aromatic nitrogens is 5. The van der Waals surface area contributed by atoms with E-state index in [2.05, 4.69) is 25.1 Å². The fraction of sp³-hybridized carbons (Fsp3) is 0.259. The number of benzene rings is 1. The molecule has 42 heavy (non-hydrogen) atoms. The summed E-state index contributed by atoms with van der Waals surface area (Å²) in [6, 6.07) is 10.2. The molecule has 0 atom stereocenters. The van der Waals surface area contributed by atoms with Crippen molar-refractivity contribution >= 4 is 23.4 Å². The first-order chi connectivity index (χ1) is 20.0. The number of nitrogens with one attached hydrogen (secondary N) is 1. The van der Waals surface area contributed by atoms with Crippen LogP contribution in [-0.4, -0.2) is 62.8 Å². The number of carbonyl (C=O) groups excluding carboxylic acids is 2. The number of carbonyl (C=O) groups is 2. The number of urea groups is 1. The van der Waals surface area contributed by atoms with Crippen LogP contribution >= 0.6 is 0 Å². The molecule has 0 unspecified atom stereocenters. The van der Waals surface area contributed by atoms with Gasteiger partial charge in [-0.2, -0.15) is 0 Å². The van der Waals surface area contributed by atoms with Crippen LogP contribution in [0, 0.1) is 0 Å². The lowest BCUT2D eigenvalue weighted by Crippen LogP contribution is -2.33. The third-order valence-corrected chi connectivity index (χ3v) is 6.68. The molecule has 3 amide bonds. The molecular formula is C27H25F3N8O4. The van der Waals surface area contributed by atoms with E-state index in [9.17, 15) is 27.6 Å². The molecule has 4 heterocycles. The highest BCUT2D eigenvalue weighted by molar-refractivity contribution is 6.07. The summed E-state index contributed by atoms with van der Waals surface area (Å²) in [4.78, 5) is 50.1. The van der Waals surface area contributed by atoms with Crippen molar-refractivity contribution in [1.29, 1.82) is 0 Å². The Morgan fingerprint density at radius 1 is 1.05 bits per heavy atom. The molecule has 1 fully saturated rings. The molecular weight excluding hydrogens is 557 g/mol. The van der Waals surface area contributed by atoms with E-state index in [1.165, 1.54) is 26.4 Å². The molecule has 1 saturated heterocycles. The summed E-state index contributed by atoms with van der Waals surface area (Å²) in [5, 5.41) is 6.08. The van der Waals surface area contributed by atoms with Crippen LogP contribution in [0.25, 0.3) is 16.9 Å². The van der Waals surface area contributed by atoms with E-state index in [0.29, 0.717) is 52.4 Å². The second-order valence-corrected chi connectivity index (χ2v) is 9.20. The minimum Gasteiger partial charge on any atom is -0.370 e. The predicted molar refractivity (Wildman–Crippen MR) is 146 cm³/mol. The first-order valence-corrected chi connectivity index (χ1v) is 12.8. The highest BCUT2D eigenvalue weighted by Gasteiger charge is 2.35. The largest absolute Gasteiger partial charge is 0.575 e. The molecule has 0 bridgehead atoms. The van der Waals surface area contributed by atoms with Gasteiger partial charge in [-0.3, -0.25) is 19.6 Å². The van der Waals surface area contributed by atoms with Gasteiger partial charge in [0.05, 0.1) is 17.6 Å². The van der Waals surface area contributed by atoms with Crippen LogP contribution in [0.4, 0.5) is 29.5 Å². The minimum absolute atomic E-state index is 0.0211. The van der Waals surface area contributed by atoms with E-state index in [-0.39, 0.29) is 17.6 Å². The van der Waals surface area contributed by atoms with Crippen molar-refractivity contribution in [2.24, 2.45) is 7.05 Å². The summed E-state index contributed by atoms with van der Waals surface area (Å²) in [5.41, 5.74) is 2.02. The normalized spacial score (nSPS) is 13.5. The molecule has 5 rings (SSSR count). The van der Waals surface area contributed by atoms with Crippen LogP contribution < -0.4 is 25.5 Å². The average molecular weight is 583 g/mol. The first-order valence-electron chi connectivity index (χ1n) is 12.8. The van der Waals surface area contributed by atoms with E-state index >= 15 is 0 Å². The highest BCUT2D eigenvalue weighted by atomic mass is 19.4. The van der Waals surface area contributed by atoms with Gasteiger partial charge in [-0.05, 0) is 42.8 Å². The number of hydrogen-bond acceptors (Lipinski definition) is 7. The van der Waals surface area contributed by atoms with Crippen molar-refractivity contribution < 1.29 is 27.5 Å². The fourth-order valence-electron chi connectivity index (χ4n) is 4.75. The molecule has 1 aliphatic rings. The van der Waals surface area contributed by atoms with E-state index in [1.54, 1.807) is 52.4 Å². The van der Waals surface area contributed by atoms with Gasteiger partial charge in [0.25, 0.3) is 5.91 Å². The van der Waals surface area contributed by atoms with Gasteiger partial charge in [0.15, 0.2) is 0 Å². The van der Waals surface area contributed by atoms with E-state index in [4.69, 9.17) is 0 Å². The third kappa shape index (κ3) is 5.27. The van der Waals surface area contributed by atoms with Gasteiger partial charge >= 0.3 is 24.1 Å². The van der Waals surface area contributed by atoms with Gasteiger partial charge in [-0.25, -0.2) is 23.8 Å². The Hall–Kier alpha value is -5.21. The van der Waals surface area contributed by atoms with Crippen LogP contribution in [0.1, 0.15) is 22.8 Å². The zero-order valence-corrected chi connectivity index (χ0v) is 22.7. The number of alkyl halides is 3. The molecule has 0 spiro atoms. The van der Waals surface area contributed by atoms with Crippen molar-refractivity contribution in [2.45, 2.75) is 19.7 Å². The number of pyridine rings is 2. The van der Waals surface area contributed by atoms with Gasteiger partial charge in [-0.15, -0.1) is 18.3 Å². The van der Waals surface area contributed by atoms with Gasteiger partial charge in [0.2, 0.25) is 0 Å². The maximum absolute atomic E-state index is 13.5. The van der Waals surface area contributed by atoms with Crippen LogP contribution in [0.15, 0.2) is 59.7 Å². The van der Waals surface area contributed by atoms with E-state index in [0.717, 1.165) is 10.2 Å². The number of rotatable bonds is 7. The molecule has 1 N–H and O–H groups in total. The summed E-state index contributed by atoms with van der Waals surface area (Å²) in [7, 11) is 2.73. The molecule has 4 aromatic rings. The van der Waals surface area contributed by atoms with Crippen LogP contribution in [0.2, 0.25) is 0 Å². The van der Waals surface area contributed by atoms with Crippen molar-refractivity contribution in [2.75, 3.05) is 29.9 Å². The number of nitrogens with zero attached hydrogens (tertiary/aromatic N) is 7. The number of ether oxygens (including phenoxy) is 1. The Balaban J connectivity index is 1.45. The summed E-state index contributed by atoms with van der Waals surface area (Å²) in [5.74, 6) is 0.180. The van der Waals surface area contributed by atoms with Gasteiger partial charge in [0.1, 0.15) is 5.82 Å². The topological polar surface area (TPSA) is 127 Å². The van der Waals surface area contributed by atoms with Crippen molar-refractivity contribution in [1.82, 2.24) is 29.6 Å². The Kier molecular flexibility index (Phi) is 7.41. The molecule has 0 radical (unpaired) electrons.